The molecule has 0 saturated carbocycles. The number of carbonyl (C=O) groups is 1. The Morgan fingerprint density at radius 3 is 2.65 bits per heavy atom. The van der Waals surface area contributed by atoms with Crippen LogP contribution in [-0.2, 0) is 4.74 Å². The van der Waals surface area contributed by atoms with Gasteiger partial charge in [-0.1, -0.05) is 18.2 Å². The molecule has 3 nitrogen and oxygen atoms in total. The van der Waals surface area contributed by atoms with E-state index in [1.165, 1.54) is 6.07 Å². The minimum absolute atomic E-state index is 0.0616. The van der Waals surface area contributed by atoms with Crippen molar-refractivity contribution in [2.24, 2.45) is 5.92 Å². The second-order valence-corrected chi connectivity index (χ2v) is 4.24. The number of hydrogen-bond acceptors (Lipinski definition) is 2. The van der Waals surface area contributed by atoms with Gasteiger partial charge >= 0.3 is 5.97 Å². The minimum Gasteiger partial charge on any atom is -0.478 e. The lowest BCUT2D eigenvalue weighted by molar-refractivity contribution is 0.0360. The summed E-state index contributed by atoms with van der Waals surface area (Å²) in [6, 6.07) is 6.30. The van der Waals surface area contributed by atoms with E-state index < -0.39 is 12.1 Å². The summed E-state index contributed by atoms with van der Waals surface area (Å²) in [6.07, 6.45) is 0.0794. The highest BCUT2D eigenvalue weighted by atomic mass is 19.1. The van der Waals surface area contributed by atoms with Gasteiger partial charge in [-0.15, -0.1) is 0 Å². The summed E-state index contributed by atoms with van der Waals surface area (Å²) in [5, 5.41) is 9.02. The Morgan fingerprint density at radius 1 is 1.35 bits per heavy atom. The first-order valence-electron chi connectivity index (χ1n) is 5.74. The van der Waals surface area contributed by atoms with Crippen LogP contribution in [0.15, 0.2) is 24.3 Å². The molecular formula is C13H15FO3. The molecule has 0 aliphatic carbocycles. The van der Waals surface area contributed by atoms with Crippen LogP contribution in [0.1, 0.15) is 34.9 Å². The van der Waals surface area contributed by atoms with Crippen LogP contribution in [0.4, 0.5) is 4.39 Å². The monoisotopic (exact) mass is 238 g/mol. The van der Waals surface area contributed by atoms with Crippen molar-refractivity contribution in [2.45, 2.75) is 19.0 Å². The SMILES string of the molecule is O=C(O)c1ccccc1C(F)C1CCOCC1. The average Bonchev–Trinajstić information content (AvgIpc) is 2.39. The van der Waals surface area contributed by atoms with Gasteiger partial charge in [0.15, 0.2) is 0 Å². The minimum atomic E-state index is -1.22. The van der Waals surface area contributed by atoms with Gasteiger partial charge in [-0.25, -0.2) is 9.18 Å². The molecule has 2 rings (SSSR count). The molecule has 17 heavy (non-hydrogen) atoms. The number of ether oxygens (including phenoxy) is 1. The fourth-order valence-electron chi connectivity index (χ4n) is 2.19. The molecule has 1 aliphatic rings. The van der Waals surface area contributed by atoms with Crippen LogP contribution in [0.2, 0.25) is 0 Å². The van der Waals surface area contributed by atoms with Crippen LogP contribution >= 0.6 is 0 Å². The van der Waals surface area contributed by atoms with Gasteiger partial charge in [0.25, 0.3) is 0 Å². The van der Waals surface area contributed by atoms with E-state index in [9.17, 15) is 9.18 Å². The summed E-state index contributed by atoms with van der Waals surface area (Å²) < 4.78 is 19.5. The first kappa shape index (κ1) is 12.0. The fourth-order valence-corrected chi connectivity index (χ4v) is 2.19. The molecule has 1 heterocycles. The summed E-state index contributed by atoms with van der Waals surface area (Å²) in [4.78, 5) is 11.0. The second-order valence-electron chi connectivity index (χ2n) is 4.24. The molecule has 1 N–H and O–H groups in total. The molecule has 1 fully saturated rings. The smallest absolute Gasteiger partial charge is 0.336 e. The third-order valence-electron chi connectivity index (χ3n) is 3.17. The second kappa shape index (κ2) is 5.27. The van der Waals surface area contributed by atoms with Crippen LogP contribution in [0.3, 0.4) is 0 Å². The molecule has 0 aromatic heterocycles. The van der Waals surface area contributed by atoms with Gasteiger partial charge in [-0.3, -0.25) is 0 Å². The van der Waals surface area contributed by atoms with E-state index in [4.69, 9.17) is 9.84 Å². The van der Waals surface area contributed by atoms with Gasteiger partial charge in [-0.2, -0.15) is 0 Å². The average molecular weight is 238 g/mol. The number of rotatable bonds is 3. The number of carboxylic acids is 1. The van der Waals surface area contributed by atoms with Crippen molar-refractivity contribution in [1.29, 1.82) is 0 Å². The molecule has 1 unspecified atom stereocenters. The molecule has 1 saturated heterocycles. The van der Waals surface area contributed by atoms with Crippen molar-refractivity contribution in [3.05, 3.63) is 35.4 Å². The Balaban J connectivity index is 2.23. The third-order valence-corrected chi connectivity index (χ3v) is 3.17. The molecule has 0 amide bonds. The highest BCUT2D eigenvalue weighted by Crippen LogP contribution is 2.34. The zero-order chi connectivity index (χ0) is 12.3. The molecule has 0 radical (unpaired) electrons. The van der Waals surface area contributed by atoms with Crippen LogP contribution in [0.25, 0.3) is 0 Å². The quantitative estimate of drug-likeness (QED) is 0.880. The maximum Gasteiger partial charge on any atom is 0.336 e. The number of aromatic carboxylic acids is 1. The Labute approximate surface area is 99.2 Å². The lowest BCUT2D eigenvalue weighted by Crippen LogP contribution is -2.21. The van der Waals surface area contributed by atoms with E-state index in [2.05, 4.69) is 0 Å². The summed E-state index contributed by atoms with van der Waals surface area (Å²) in [5.41, 5.74) is 0.346. The van der Waals surface area contributed by atoms with Crippen molar-refractivity contribution in [1.82, 2.24) is 0 Å². The van der Waals surface area contributed by atoms with Crippen molar-refractivity contribution >= 4 is 5.97 Å². The third kappa shape index (κ3) is 2.64. The molecule has 1 aromatic carbocycles. The number of carboxylic acid groups (broad SMARTS) is 1. The predicted molar refractivity (Wildman–Crippen MR) is 60.8 cm³/mol. The zero-order valence-corrected chi connectivity index (χ0v) is 9.43. The molecular weight excluding hydrogens is 223 g/mol. The lowest BCUT2D eigenvalue weighted by Gasteiger charge is -2.26. The van der Waals surface area contributed by atoms with E-state index in [1.54, 1.807) is 18.2 Å². The highest BCUT2D eigenvalue weighted by Gasteiger charge is 2.28. The summed E-state index contributed by atoms with van der Waals surface area (Å²) in [5.74, 6) is -1.21. The van der Waals surface area contributed by atoms with Crippen LogP contribution < -0.4 is 0 Å². The number of benzene rings is 1. The first-order valence-corrected chi connectivity index (χ1v) is 5.74. The van der Waals surface area contributed by atoms with E-state index in [0.29, 0.717) is 26.1 Å². The van der Waals surface area contributed by atoms with Crippen molar-refractivity contribution in [3.8, 4) is 0 Å². The molecule has 1 aromatic rings. The van der Waals surface area contributed by atoms with Crippen LogP contribution in [0.5, 0.6) is 0 Å². The van der Waals surface area contributed by atoms with Gasteiger partial charge in [0, 0.05) is 18.8 Å². The Morgan fingerprint density at radius 2 is 2.00 bits per heavy atom. The van der Waals surface area contributed by atoms with Gasteiger partial charge in [0.1, 0.15) is 6.17 Å². The van der Waals surface area contributed by atoms with Crippen molar-refractivity contribution < 1.29 is 19.0 Å². The molecule has 1 atom stereocenters. The molecule has 92 valence electrons. The number of hydrogen-bond donors (Lipinski definition) is 1. The van der Waals surface area contributed by atoms with E-state index in [-0.39, 0.29) is 17.0 Å². The molecule has 0 spiro atoms. The van der Waals surface area contributed by atoms with Crippen LogP contribution in [-0.4, -0.2) is 24.3 Å². The molecule has 1 aliphatic heterocycles. The summed E-state index contributed by atoms with van der Waals surface area (Å²) in [6.45, 7) is 1.11. The topological polar surface area (TPSA) is 46.5 Å². The lowest BCUT2D eigenvalue weighted by atomic mass is 9.88. The van der Waals surface area contributed by atoms with Gasteiger partial charge in [0.2, 0.25) is 0 Å². The van der Waals surface area contributed by atoms with Gasteiger partial charge in [-0.05, 0) is 24.8 Å². The number of alkyl halides is 1. The Kier molecular flexibility index (Phi) is 3.74. The van der Waals surface area contributed by atoms with Gasteiger partial charge < -0.3 is 9.84 Å². The normalized spacial score (nSPS) is 18.9. The van der Waals surface area contributed by atoms with Crippen molar-refractivity contribution in [3.63, 3.8) is 0 Å². The Hall–Kier alpha value is -1.42. The Bertz CT molecular complexity index is 399. The largest absolute Gasteiger partial charge is 0.478 e. The summed E-state index contributed by atoms with van der Waals surface area (Å²) >= 11 is 0. The predicted octanol–water partition coefficient (Wildman–Crippen LogP) is 2.82. The summed E-state index contributed by atoms with van der Waals surface area (Å²) in [7, 11) is 0. The fraction of sp³-hybridized carbons (Fsp3) is 0.462. The number of halogens is 1. The standard InChI is InChI=1S/C13H15FO3/c14-12(9-5-7-17-8-6-9)10-3-1-2-4-11(10)13(15)16/h1-4,9,12H,5-8H2,(H,15,16). The molecule has 4 heteroatoms. The van der Waals surface area contributed by atoms with Crippen molar-refractivity contribution in [2.75, 3.05) is 13.2 Å². The van der Waals surface area contributed by atoms with Gasteiger partial charge in [0.05, 0.1) is 5.56 Å². The maximum absolute atomic E-state index is 14.3. The van der Waals surface area contributed by atoms with E-state index in [1.807, 2.05) is 0 Å². The maximum atomic E-state index is 14.3. The first-order chi connectivity index (χ1) is 8.20. The van der Waals surface area contributed by atoms with E-state index in [0.717, 1.165) is 0 Å². The van der Waals surface area contributed by atoms with E-state index >= 15 is 0 Å². The zero-order valence-electron chi connectivity index (χ0n) is 9.43. The van der Waals surface area contributed by atoms with Crippen LogP contribution in [0, 0.1) is 5.92 Å². The molecule has 0 bridgehead atoms. The highest BCUT2D eigenvalue weighted by molar-refractivity contribution is 5.89.